The van der Waals surface area contributed by atoms with Gasteiger partial charge in [-0.2, -0.15) is 0 Å². The molecule has 2 aromatic heterocycles. The van der Waals surface area contributed by atoms with E-state index in [2.05, 4.69) is 18.3 Å². The number of rotatable bonds is 0. The van der Waals surface area contributed by atoms with Gasteiger partial charge in [-0.25, -0.2) is 28.8 Å². The van der Waals surface area contributed by atoms with Gasteiger partial charge in [0.2, 0.25) is 0 Å². The third-order valence-corrected chi connectivity index (χ3v) is 13.0. The van der Waals surface area contributed by atoms with Crippen molar-refractivity contribution in [3.05, 3.63) is 100 Å². The lowest BCUT2D eigenvalue weighted by atomic mass is 9.59. The van der Waals surface area contributed by atoms with E-state index < -0.39 is 82.1 Å². The Balaban J connectivity index is 0.000000108. The van der Waals surface area contributed by atoms with E-state index in [0.29, 0.717) is 49.3 Å². The summed E-state index contributed by atoms with van der Waals surface area (Å²) in [5, 5.41) is 1.72. The number of furan rings is 2. The van der Waals surface area contributed by atoms with Gasteiger partial charge >= 0.3 is 70.3 Å². The summed E-state index contributed by atoms with van der Waals surface area (Å²) in [5.41, 5.74) is -0.824. The first-order valence-corrected chi connectivity index (χ1v) is 19.0. The first-order valence-electron chi connectivity index (χ1n) is 19.0. The normalized spacial score (nSPS) is 28.3. The lowest BCUT2D eigenvalue weighted by Crippen LogP contribution is -2.41. The average molecular weight is 819 g/mol. The second-order valence-corrected chi connectivity index (χ2v) is 16.1. The summed E-state index contributed by atoms with van der Waals surface area (Å²) < 4.78 is 27.6. The van der Waals surface area contributed by atoms with Gasteiger partial charge < -0.3 is 27.8 Å². The molecule has 3 aliphatic carbocycles. The Morgan fingerprint density at radius 2 is 0.633 bits per heavy atom. The molecule has 5 fully saturated rings. The minimum atomic E-state index is -0.717. The quantitative estimate of drug-likeness (QED) is 0.122. The van der Waals surface area contributed by atoms with E-state index in [-0.39, 0.29) is 68.2 Å². The third-order valence-electron chi connectivity index (χ3n) is 13.0. The second kappa shape index (κ2) is 13.1. The SMILES string of the molecule is O=C1OC(=O)C2CC3CC4C(=O)OC(=O)C4CC3CC12.O=C1OC(=O)c2cc3c(cc21)CC1C(=O)OC(=O)C1C3.O=c1oc(=O)c2cc3cc4c(=O)oc(=O)c4cc3cc12. The molecule has 302 valence electrons. The Bertz CT molecular complexity index is 2760. The van der Waals surface area contributed by atoms with Crippen LogP contribution in [-0.4, -0.2) is 47.8 Å². The number of carbonyl (C=O) groups is 8. The number of fused-ring (bicyclic) bond motifs is 9. The highest BCUT2D eigenvalue weighted by atomic mass is 16.6. The molecule has 2 saturated carbocycles. The fraction of sp³-hybridized carbons (Fsp3) is 0.333. The van der Waals surface area contributed by atoms with Gasteiger partial charge in [-0.15, -0.1) is 0 Å². The molecule has 0 spiro atoms. The monoisotopic (exact) mass is 818 g/mol. The van der Waals surface area contributed by atoms with Crippen LogP contribution in [0.1, 0.15) is 57.5 Å². The molecule has 5 aromatic rings. The zero-order valence-corrected chi connectivity index (χ0v) is 30.7. The van der Waals surface area contributed by atoms with E-state index in [1.54, 1.807) is 12.1 Å². The van der Waals surface area contributed by atoms with Crippen molar-refractivity contribution in [2.75, 3.05) is 0 Å². The van der Waals surface area contributed by atoms with Crippen LogP contribution in [0, 0.1) is 47.3 Å². The Hall–Kier alpha value is -7.24. The standard InChI is InChI=1S/C14H14O6.C14H8O6.C14H4O6/c3*15-11-7-1-5-2-9-10(14(18)20-13(9)17)4-6(5)3-8(7)12(16)19-11/h5-10H,1-4H2;1,3,9-10H,2,4H2;1-4H. The lowest BCUT2D eigenvalue weighted by molar-refractivity contribution is -0.155. The van der Waals surface area contributed by atoms with E-state index in [4.69, 9.17) is 9.47 Å². The van der Waals surface area contributed by atoms with Crippen LogP contribution in [0.25, 0.3) is 32.3 Å². The topological polar surface area (TPSA) is 268 Å². The fourth-order valence-corrected chi connectivity index (χ4v) is 9.99. The predicted molar refractivity (Wildman–Crippen MR) is 194 cm³/mol. The summed E-state index contributed by atoms with van der Waals surface area (Å²) in [5.74, 6) is -6.03. The molecule has 6 heterocycles. The van der Waals surface area contributed by atoms with Gasteiger partial charge in [-0.1, -0.05) is 0 Å². The zero-order chi connectivity index (χ0) is 42.0. The van der Waals surface area contributed by atoms with Crippen LogP contribution in [0.5, 0.6) is 0 Å². The summed E-state index contributed by atoms with van der Waals surface area (Å²) in [6.07, 6.45) is 3.04. The highest BCUT2D eigenvalue weighted by Gasteiger charge is 2.57. The summed E-state index contributed by atoms with van der Waals surface area (Å²) in [4.78, 5) is 139. The second-order valence-electron chi connectivity index (χ2n) is 16.1. The highest BCUT2D eigenvalue weighted by molar-refractivity contribution is 6.15. The third kappa shape index (κ3) is 5.68. The maximum Gasteiger partial charge on any atom is 0.346 e. The molecule has 6 unspecified atom stereocenters. The first kappa shape index (κ1) is 37.1. The summed E-state index contributed by atoms with van der Waals surface area (Å²) in [6, 6.07) is 9.04. The number of hydrogen-bond acceptors (Lipinski definition) is 18. The molecule has 60 heavy (non-hydrogen) atoms. The van der Waals surface area contributed by atoms with E-state index in [1.807, 2.05) is 0 Å². The molecule has 0 bridgehead atoms. The van der Waals surface area contributed by atoms with E-state index in [9.17, 15) is 57.5 Å². The maximum atomic E-state index is 11.6. The van der Waals surface area contributed by atoms with Gasteiger partial charge in [0, 0.05) is 0 Å². The number of hydrogen-bond donors (Lipinski definition) is 0. The number of esters is 8. The van der Waals surface area contributed by atoms with Crippen molar-refractivity contribution < 1.29 is 66.1 Å². The predicted octanol–water partition coefficient (Wildman–Crippen LogP) is 1.50. The van der Waals surface area contributed by atoms with Crippen molar-refractivity contribution in [2.45, 2.75) is 38.5 Å². The van der Waals surface area contributed by atoms with Crippen LogP contribution in [-0.2, 0) is 60.6 Å². The first-order chi connectivity index (χ1) is 28.6. The smallest absolute Gasteiger partial charge is 0.346 e. The van der Waals surface area contributed by atoms with Crippen LogP contribution in [0.3, 0.4) is 0 Å². The van der Waals surface area contributed by atoms with Gasteiger partial charge in [0.25, 0.3) is 0 Å². The van der Waals surface area contributed by atoms with Crippen molar-refractivity contribution in [2.24, 2.45) is 47.3 Å². The fourth-order valence-electron chi connectivity index (χ4n) is 9.99. The Morgan fingerprint density at radius 3 is 0.933 bits per heavy atom. The molecule has 0 radical (unpaired) electrons. The van der Waals surface area contributed by atoms with E-state index in [0.717, 1.165) is 11.1 Å². The summed E-state index contributed by atoms with van der Waals surface area (Å²) >= 11 is 0. The summed E-state index contributed by atoms with van der Waals surface area (Å²) in [7, 11) is 0. The molecule has 18 nitrogen and oxygen atoms in total. The van der Waals surface area contributed by atoms with Crippen LogP contribution in [0.2, 0.25) is 0 Å². The van der Waals surface area contributed by atoms with Crippen molar-refractivity contribution in [1.82, 2.24) is 0 Å². The van der Waals surface area contributed by atoms with Gasteiger partial charge in [0.15, 0.2) is 0 Å². The van der Waals surface area contributed by atoms with Crippen molar-refractivity contribution in [3.8, 4) is 0 Å². The summed E-state index contributed by atoms with van der Waals surface area (Å²) in [6.45, 7) is 0. The molecule has 18 heteroatoms. The molecule has 0 amide bonds. The molecular weight excluding hydrogens is 792 g/mol. The van der Waals surface area contributed by atoms with Crippen LogP contribution in [0.4, 0.5) is 0 Å². The van der Waals surface area contributed by atoms with Crippen molar-refractivity contribution in [1.29, 1.82) is 0 Å². The van der Waals surface area contributed by atoms with Crippen LogP contribution < -0.4 is 22.5 Å². The van der Waals surface area contributed by atoms with Crippen LogP contribution in [0.15, 0.2) is 64.4 Å². The number of carbonyl (C=O) groups excluding carboxylic acids is 8. The number of benzene rings is 3. The minimum absolute atomic E-state index is 0.153. The maximum absolute atomic E-state index is 11.6. The Morgan fingerprint density at radius 1 is 0.350 bits per heavy atom. The molecule has 6 atom stereocenters. The van der Waals surface area contributed by atoms with E-state index in [1.165, 1.54) is 24.3 Å². The number of cyclic esters (lactones) is 8. The van der Waals surface area contributed by atoms with Gasteiger partial charge in [0.1, 0.15) is 0 Å². The molecule has 4 aliphatic heterocycles. The zero-order valence-electron chi connectivity index (χ0n) is 30.7. The molecule has 7 aliphatic rings. The largest absolute Gasteiger partial charge is 0.393 e. The number of ether oxygens (including phenoxy) is 4. The Labute approximate surface area is 332 Å². The highest BCUT2D eigenvalue weighted by Crippen LogP contribution is 2.52. The average Bonchev–Trinajstić information content (AvgIpc) is 3.99. The Kier molecular flexibility index (Phi) is 8.11. The molecule has 3 saturated heterocycles. The van der Waals surface area contributed by atoms with Crippen molar-refractivity contribution >= 4 is 80.1 Å². The lowest BCUT2D eigenvalue weighted by Gasteiger charge is -2.41. The molecular formula is C42H26O18. The van der Waals surface area contributed by atoms with Gasteiger partial charge in [-0.05, 0) is 109 Å². The van der Waals surface area contributed by atoms with Gasteiger partial charge in [-0.3, -0.25) is 28.8 Å². The molecule has 12 rings (SSSR count). The van der Waals surface area contributed by atoms with Crippen molar-refractivity contribution in [3.63, 3.8) is 0 Å². The molecule has 3 aromatic carbocycles. The van der Waals surface area contributed by atoms with E-state index >= 15 is 0 Å². The molecule has 0 N–H and O–H groups in total. The van der Waals surface area contributed by atoms with Gasteiger partial charge in [0.05, 0.1) is 68.2 Å². The minimum Gasteiger partial charge on any atom is -0.393 e. The van der Waals surface area contributed by atoms with Crippen LogP contribution >= 0.6 is 0 Å².